The monoisotopic (exact) mass is 485 g/mol. The van der Waals surface area contributed by atoms with Crippen LogP contribution in [0.3, 0.4) is 0 Å². The van der Waals surface area contributed by atoms with Gasteiger partial charge in [0.2, 0.25) is 0 Å². The lowest BCUT2D eigenvalue weighted by molar-refractivity contribution is 0.358. The second kappa shape index (κ2) is 12.2. The number of guanidine groups is 1. The standard InChI is InChI=1S/C20H24FN3O2.HI/c1-3-11-26-19-8-6-5-7-16(19)14-24-20(22-4-2)23-13-15-9-10-18(25)17(21)12-15;/h3,5-10,12,25H,1,4,11,13-14H2,2H3,(H2,22,23,24);1H. The average Bonchev–Trinajstić information content (AvgIpc) is 2.65. The molecule has 0 spiro atoms. The topological polar surface area (TPSA) is 65.9 Å². The summed E-state index contributed by atoms with van der Waals surface area (Å²) in [7, 11) is 0. The van der Waals surface area contributed by atoms with Gasteiger partial charge in [-0.15, -0.1) is 24.0 Å². The smallest absolute Gasteiger partial charge is 0.191 e. The zero-order chi connectivity index (χ0) is 18.8. The summed E-state index contributed by atoms with van der Waals surface area (Å²) in [6.07, 6.45) is 1.70. The first-order valence-electron chi connectivity index (χ1n) is 8.45. The van der Waals surface area contributed by atoms with Crippen LogP contribution in [-0.2, 0) is 13.1 Å². The molecule has 3 N–H and O–H groups in total. The highest BCUT2D eigenvalue weighted by Crippen LogP contribution is 2.18. The molecule has 0 fully saturated rings. The number of ether oxygens (including phenoxy) is 1. The van der Waals surface area contributed by atoms with E-state index in [0.29, 0.717) is 37.8 Å². The Morgan fingerprint density at radius 2 is 2.04 bits per heavy atom. The number of phenols is 1. The molecule has 7 heteroatoms. The summed E-state index contributed by atoms with van der Waals surface area (Å²) < 4.78 is 19.1. The number of nitrogens with one attached hydrogen (secondary N) is 2. The van der Waals surface area contributed by atoms with Gasteiger partial charge in [-0.25, -0.2) is 9.38 Å². The van der Waals surface area contributed by atoms with E-state index >= 15 is 0 Å². The second-order valence-corrected chi connectivity index (χ2v) is 5.54. The van der Waals surface area contributed by atoms with E-state index in [2.05, 4.69) is 22.2 Å². The minimum atomic E-state index is -0.649. The lowest BCUT2D eigenvalue weighted by Gasteiger charge is -2.14. The van der Waals surface area contributed by atoms with Crippen molar-refractivity contribution in [2.75, 3.05) is 13.2 Å². The van der Waals surface area contributed by atoms with Crippen molar-refractivity contribution in [3.8, 4) is 11.5 Å². The fourth-order valence-electron chi connectivity index (χ4n) is 2.28. The maximum atomic E-state index is 13.4. The van der Waals surface area contributed by atoms with Crippen molar-refractivity contribution in [1.29, 1.82) is 0 Å². The van der Waals surface area contributed by atoms with Gasteiger partial charge in [-0.1, -0.05) is 36.9 Å². The molecule has 5 nitrogen and oxygen atoms in total. The summed E-state index contributed by atoms with van der Waals surface area (Å²) in [6, 6.07) is 12.0. The highest BCUT2D eigenvalue weighted by atomic mass is 127. The van der Waals surface area contributed by atoms with Gasteiger partial charge in [0.15, 0.2) is 17.5 Å². The highest BCUT2D eigenvalue weighted by molar-refractivity contribution is 14.0. The van der Waals surface area contributed by atoms with E-state index in [1.54, 1.807) is 12.1 Å². The van der Waals surface area contributed by atoms with Crippen LogP contribution < -0.4 is 15.4 Å². The average molecular weight is 485 g/mol. The maximum absolute atomic E-state index is 13.4. The summed E-state index contributed by atoms with van der Waals surface area (Å²) >= 11 is 0. The molecule has 0 aliphatic rings. The molecule has 0 aliphatic carbocycles. The number of hydrogen-bond acceptors (Lipinski definition) is 3. The van der Waals surface area contributed by atoms with Crippen molar-refractivity contribution in [1.82, 2.24) is 10.6 Å². The fourth-order valence-corrected chi connectivity index (χ4v) is 2.28. The first-order chi connectivity index (χ1) is 12.6. The van der Waals surface area contributed by atoms with Gasteiger partial charge < -0.3 is 20.5 Å². The zero-order valence-electron chi connectivity index (χ0n) is 15.2. The molecule has 2 aromatic rings. The number of rotatable bonds is 8. The maximum Gasteiger partial charge on any atom is 0.191 e. The first-order valence-corrected chi connectivity index (χ1v) is 8.45. The molecule has 146 valence electrons. The second-order valence-electron chi connectivity index (χ2n) is 5.54. The van der Waals surface area contributed by atoms with Crippen LogP contribution in [-0.4, -0.2) is 24.2 Å². The molecule has 0 aromatic heterocycles. The van der Waals surface area contributed by atoms with Crippen molar-refractivity contribution in [3.63, 3.8) is 0 Å². The number of aliphatic imine (C=N–C) groups is 1. The van der Waals surface area contributed by atoms with Crippen LogP contribution in [0, 0.1) is 5.82 Å². The minimum Gasteiger partial charge on any atom is -0.505 e. The normalized spacial score (nSPS) is 10.7. The number of halogens is 2. The molecule has 2 aromatic carbocycles. The molecular weight excluding hydrogens is 460 g/mol. The summed E-state index contributed by atoms with van der Waals surface area (Å²) in [5, 5.41) is 15.6. The van der Waals surface area contributed by atoms with E-state index in [-0.39, 0.29) is 29.7 Å². The minimum absolute atomic E-state index is 0. The van der Waals surface area contributed by atoms with Crippen molar-refractivity contribution >= 4 is 29.9 Å². The molecule has 0 atom stereocenters. The fraction of sp³-hybridized carbons (Fsp3) is 0.250. The van der Waals surface area contributed by atoms with Crippen LogP contribution in [0.1, 0.15) is 18.1 Å². The Morgan fingerprint density at radius 3 is 2.74 bits per heavy atom. The molecule has 0 bridgehead atoms. The van der Waals surface area contributed by atoms with E-state index in [1.807, 2.05) is 31.2 Å². The Bertz CT molecular complexity index is 769. The number of hydrogen-bond donors (Lipinski definition) is 3. The van der Waals surface area contributed by atoms with E-state index in [4.69, 9.17) is 4.74 Å². The van der Waals surface area contributed by atoms with Gasteiger partial charge in [0.25, 0.3) is 0 Å². The van der Waals surface area contributed by atoms with Crippen LogP contribution in [0.25, 0.3) is 0 Å². The van der Waals surface area contributed by atoms with Crippen molar-refractivity contribution < 1.29 is 14.2 Å². The van der Waals surface area contributed by atoms with E-state index in [0.717, 1.165) is 11.3 Å². The Kier molecular flexibility index (Phi) is 10.2. The van der Waals surface area contributed by atoms with Gasteiger partial charge in [-0.05, 0) is 30.7 Å². The summed E-state index contributed by atoms with van der Waals surface area (Å²) in [4.78, 5) is 4.45. The van der Waals surface area contributed by atoms with Crippen LogP contribution >= 0.6 is 24.0 Å². The highest BCUT2D eigenvalue weighted by Gasteiger charge is 2.05. The zero-order valence-corrected chi connectivity index (χ0v) is 17.6. The Morgan fingerprint density at radius 1 is 1.26 bits per heavy atom. The summed E-state index contributed by atoms with van der Waals surface area (Å²) in [5.74, 6) is 0.388. The molecule has 2 rings (SSSR count). The lowest BCUT2D eigenvalue weighted by Crippen LogP contribution is -2.36. The summed E-state index contributed by atoms with van der Waals surface area (Å²) in [5.41, 5.74) is 1.67. The third-order valence-corrected chi connectivity index (χ3v) is 3.55. The van der Waals surface area contributed by atoms with Crippen molar-refractivity contribution in [2.24, 2.45) is 4.99 Å². The molecule has 0 unspecified atom stereocenters. The third kappa shape index (κ3) is 7.46. The molecule has 0 aliphatic heterocycles. The molecule has 0 saturated carbocycles. The van der Waals surface area contributed by atoms with Crippen molar-refractivity contribution in [3.05, 3.63) is 72.1 Å². The van der Waals surface area contributed by atoms with E-state index in [1.165, 1.54) is 12.1 Å². The van der Waals surface area contributed by atoms with Crippen LogP contribution in [0.4, 0.5) is 4.39 Å². The molecule has 0 heterocycles. The molecule has 0 amide bonds. The molecule has 0 saturated heterocycles. The first kappa shape index (κ1) is 22.8. The third-order valence-electron chi connectivity index (χ3n) is 3.55. The number of benzene rings is 2. The SMILES string of the molecule is C=CCOc1ccccc1CNC(=NCc1ccc(O)c(F)c1)NCC.I. The van der Waals surface area contributed by atoms with Gasteiger partial charge in [0, 0.05) is 18.7 Å². The van der Waals surface area contributed by atoms with Crippen LogP contribution in [0.5, 0.6) is 11.5 Å². The van der Waals surface area contributed by atoms with Gasteiger partial charge in [0.05, 0.1) is 6.54 Å². The Balaban J connectivity index is 0.00000364. The quantitative estimate of drug-likeness (QED) is 0.229. The van der Waals surface area contributed by atoms with Crippen molar-refractivity contribution in [2.45, 2.75) is 20.0 Å². The van der Waals surface area contributed by atoms with Gasteiger partial charge in [-0.2, -0.15) is 0 Å². The predicted molar refractivity (Wildman–Crippen MR) is 117 cm³/mol. The lowest BCUT2D eigenvalue weighted by atomic mass is 10.2. The van der Waals surface area contributed by atoms with Gasteiger partial charge >= 0.3 is 0 Å². The number of aromatic hydroxyl groups is 1. The Hall–Kier alpha value is -2.29. The molecule has 27 heavy (non-hydrogen) atoms. The number of phenolic OH excluding ortho intramolecular Hbond substituents is 1. The Labute approximate surface area is 176 Å². The van der Waals surface area contributed by atoms with Crippen LogP contribution in [0.2, 0.25) is 0 Å². The van der Waals surface area contributed by atoms with E-state index in [9.17, 15) is 9.50 Å². The van der Waals surface area contributed by atoms with Crippen LogP contribution in [0.15, 0.2) is 60.1 Å². The predicted octanol–water partition coefficient (Wildman–Crippen LogP) is 3.97. The van der Waals surface area contributed by atoms with E-state index < -0.39 is 5.82 Å². The van der Waals surface area contributed by atoms with Gasteiger partial charge in [-0.3, -0.25) is 0 Å². The number of para-hydroxylation sites is 1. The largest absolute Gasteiger partial charge is 0.505 e. The number of nitrogens with zero attached hydrogens (tertiary/aromatic N) is 1. The molecular formula is C20H25FIN3O2. The molecule has 0 radical (unpaired) electrons. The summed E-state index contributed by atoms with van der Waals surface area (Å²) in [6.45, 7) is 7.59. The van der Waals surface area contributed by atoms with Gasteiger partial charge in [0.1, 0.15) is 12.4 Å².